The molecule has 0 aromatic heterocycles. The Bertz CT molecular complexity index is 628. The normalized spacial score (nSPS) is 16.9. The van der Waals surface area contributed by atoms with Gasteiger partial charge in [-0.3, -0.25) is 4.79 Å². The number of ether oxygens (including phenoxy) is 1. The van der Waals surface area contributed by atoms with Crippen molar-refractivity contribution in [2.24, 2.45) is 0 Å². The molecule has 0 radical (unpaired) electrons. The Hall–Kier alpha value is -2.00. The summed E-state index contributed by atoms with van der Waals surface area (Å²) in [6, 6.07) is 14.9. The zero-order valence-corrected chi connectivity index (χ0v) is 11.6. The van der Waals surface area contributed by atoms with E-state index >= 15 is 0 Å². The molecule has 1 aliphatic rings. The quantitative estimate of drug-likeness (QED) is 0.911. The minimum atomic E-state index is -0.224. The van der Waals surface area contributed by atoms with E-state index in [4.69, 9.17) is 16.3 Å². The van der Waals surface area contributed by atoms with Crippen molar-refractivity contribution in [3.8, 4) is 5.75 Å². The van der Waals surface area contributed by atoms with Crippen molar-refractivity contribution < 1.29 is 9.53 Å². The molecule has 0 fully saturated rings. The van der Waals surface area contributed by atoms with Crippen LogP contribution in [0.25, 0.3) is 0 Å². The average Bonchev–Trinajstić information content (AvgIpc) is 2.47. The lowest BCUT2D eigenvalue weighted by Gasteiger charge is -2.25. The first-order valence-corrected chi connectivity index (χ1v) is 6.90. The largest absolute Gasteiger partial charge is 0.493 e. The molecule has 3 rings (SSSR count). The number of anilines is 1. The Morgan fingerprint density at radius 3 is 2.80 bits per heavy atom. The maximum Gasteiger partial charge on any atom is 0.232 e. The summed E-state index contributed by atoms with van der Waals surface area (Å²) in [4.78, 5) is 12.4. The summed E-state index contributed by atoms with van der Waals surface area (Å²) in [5, 5.41) is 3.55. The van der Waals surface area contributed by atoms with Gasteiger partial charge in [0.1, 0.15) is 5.75 Å². The molecule has 1 N–H and O–H groups in total. The number of halogens is 1. The Morgan fingerprint density at radius 2 is 2.00 bits per heavy atom. The summed E-state index contributed by atoms with van der Waals surface area (Å²) in [5.74, 6) is 0.495. The van der Waals surface area contributed by atoms with E-state index in [9.17, 15) is 4.79 Å². The third kappa shape index (κ3) is 2.63. The number of carbonyl (C=O) groups excluding carboxylic acids is 1. The van der Waals surface area contributed by atoms with Crippen LogP contribution in [0.3, 0.4) is 0 Å². The zero-order chi connectivity index (χ0) is 13.9. The van der Waals surface area contributed by atoms with E-state index in [1.54, 1.807) is 6.07 Å². The van der Waals surface area contributed by atoms with E-state index in [2.05, 4.69) is 5.32 Å². The van der Waals surface area contributed by atoms with Gasteiger partial charge in [-0.1, -0.05) is 29.8 Å². The number of carbonyl (C=O) groups is 1. The molecule has 1 heterocycles. The standard InChI is InChI=1S/C16H14ClNO2/c17-11-6-7-15-14(10-11)13(8-9-20-15)16(19)18-12-4-2-1-3-5-12/h1-7,10,13H,8-9H2,(H,18,19). The van der Waals surface area contributed by atoms with Gasteiger partial charge in [-0.05, 0) is 36.8 Å². The molecule has 1 unspecified atom stereocenters. The highest BCUT2D eigenvalue weighted by Crippen LogP contribution is 2.36. The SMILES string of the molecule is O=C(Nc1ccccc1)C1CCOc2ccc(Cl)cc21. The fourth-order valence-electron chi connectivity index (χ4n) is 2.39. The number of para-hydroxylation sites is 1. The lowest BCUT2D eigenvalue weighted by atomic mass is 9.92. The van der Waals surface area contributed by atoms with Crippen molar-refractivity contribution >= 4 is 23.2 Å². The fourth-order valence-corrected chi connectivity index (χ4v) is 2.57. The molecule has 4 heteroatoms. The molecule has 1 amide bonds. The van der Waals surface area contributed by atoms with Gasteiger partial charge in [-0.2, -0.15) is 0 Å². The van der Waals surface area contributed by atoms with E-state index < -0.39 is 0 Å². The lowest BCUT2D eigenvalue weighted by Crippen LogP contribution is -2.26. The van der Waals surface area contributed by atoms with Crippen molar-refractivity contribution in [3.63, 3.8) is 0 Å². The van der Waals surface area contributed by atoms with Gasteiger partial charge in [0, 0.05) is 16.3 Å². The molecule has 3 nitrogen and oxygen atoms in total. The second-order valence-corrected chi connectivity index (χ2v) is 5.16. The number of rotatable bonds is 2. The fraction of sp³-hybridized carbons (Fsp3) is 0.188. The minimum Gasteiger partial charge on any atom is -0.493 e. The molecule has 0 spiro atoms. The predicted molar refractivity (Wildman–Crippen MR) is 79.4 cm³/mol. The molecule has 2 aromatic carbocycles. The second-order valence-electron chi connectivity index (χ2n) is 4.73. The Morgan fingerprint density at radius 1 is 1.20 bits per heavy atom. The topological polar surface area (TPSA) is 38.3 Å². The number of hydrogen-bond acceptors (Lipinski definition) is 2. The molecule has 20 heavy (non-hydrogen) atoms. The minimum absolute atomic E-state index is 0.0250. The highest BCUT2D eigenvalue weighted by molar-refractivity contribution is 6.30. The van der Waals surface area contributed by atoms with Crippen LogP contribution in [0, 0.1) is 0 Å². The number of benzene rings is 2. The number of hydrogen-bond donors (Lipinski definition) is 1. The van der Waals surface area contributed by atoms with Gasteiger partial charge in [0.05, 0.1) is 12.5 Å². The van der Waals surface area contributed by atoms with Crippen molar-refractivity contribution in [2.45, 2.75) is 12.3 Å². The van der Waals surface area contributed by atoms with Gasteiger partial charge in [0.25, 0.3) is 0 Å². The highest BCUT2D eigenvalue weighted by Gasteiger charge is 2.27. The van der Waals surface area contributed by atoms with E-state index in [-0.39, 0.29) is 11.8 Å². The molecule has 102 valence electrons. The molecule has 0 aliphatic carbocycles. The van der Waals surface area contributed by atoms with Crippen LogP contribution in [-0.2, 0) is 4.79 Å². The Labute approximate surface area is 122 Å². The van der Waals surface area contributed by atoms with E-state index in [1.165, 1.54) is 0 Å². The molecular weight excluding hydrogens is 274 g/mol. The van der Waals surface area contributed by atoms with Gasteiger partial charge in [0.2, 0.25) is 5.91 Å². The summed E-state index contributed by atoms with van der Waals surface area (Å²) in [6.45, 7) is 0.543. The third-order valence-corrected chi connectivity index (χ3v) is 3.60. The van der Waals surface area contributed by atoms with Crippen LogP contribution in [0.5, 0.6) is 5.75 Å². The summed E-state index contributed by atoms with van der Waals surface area (Å²) < 4.78 is 5.57. The number of nitrogens with one attached hydrogen (secondary N) is 1. The molecule has 1 aliphatic heterocycles. The van der Waals surface area contributed by atoms with Crippen molar-refractivity contribution in [1.29, 1.82) is 0 Å². The number of fused-ring (bicyclic) bond motifs is 1. The van der Waals surface area contributed by atoms with Crippen LogP contribution in [-0.4, -0.2) is 12.5 Å². The third-order valence-electron chi connectivity index (χ3n) is 3.37. The van der Waals surface area contributed by atoms with Crippen LogP contribution in [0.15, 0.2) is 48.5 Å². The summed E-state index contributed by atoms with van der Waals surface area (Å²) in [5.41, 5.74) is 1.66. The summed E-state index contributed by atoms with van der Waals surface area (Å²) >= 11 is 6.02. The van der Waals surface area contributed by atoms with E-state index in [0.29, 0.717) is 18.1 Å². The van der Waals surface area contributed by atoms with Crippen LogP contribution in [0.2, 0.25) is 5.02 Å². The van der Waals surface area contributed by atoms with Gasteiger partial charge in [-0.25, -0.2) is 0 Å². The first-order chi connectivity index (χ1) is 9.74. The van der Waals surface area contributed by atoms with Gasteiger partial charge in [-0.15, -0.1) is 0 Å². The van der Waals surface area contributed by atoms with Crippen molar-refractivity contribution in [2.75, 3.05) is 11.9 Å². The molecule has 0 saturated carbocycles. The van der Waals surface area contributed by atoms with Crippen LogP contribution < -0.4 is 10.1 Å². The van der Waals surface area contributed by atoms with Crippen molar-refractivity contribution in [3.05, 3.63) is 59.1 Å². The molecule has 0 bridgehead atoms. The maximum atomic E-state index is 12.4. The van der Waals surface area contributed by atoms with E-state index in [0.717, 1.165) is 17.0 Å². The highest BCUT2D eigenvalue weighted by atomic mass is 35.5. The monoisotopic (exact) mass is 287 g/mol. The average molecular weight is 288 g/mol. The van der Waals surface area contributed by atoms with Crippen LogP contribution >= 0.6 is 11.6 Å². The summed E-state index contributed by atoms with van der Waals surface area (Å²) in [6.07, 6.45) is 0.659. The lowest BCUT2D eigenvalue weighted by molar-refractivity contribution is -0.118. The first kappa shape index (κ1) is 13.0. The molecule has 2 aromatic rings. The van der Waals surface area contributed by atoms with Gasteiger partial charge < -0.3 is 10.1 Å². The smallest absolute Gasteiger partial charge is 0.232 e. The van der Waals surface area contributed by atoms with Crippen LogP contribution in [0.1, 0.15) is 17.9 Å². The van der Waals surface area contributed by atoms with Crippen LogP contribution in [0.4, 0.5) is 5.69 Å². The number of amides is 1. The molecular formula is C16H14ClNO2. The zero-order valence-electron chi connectivity index (χ0n) is 10.8. The van der Waals surface area contributed by atoms with Crippen molar-refractivity contribution in [1.82, 2.24) is 0 Å². The molecule has 0 saturated heterocycles. The van der Waals surface area contributed by atoms with Gasteiger partial charge in [0.15, 0.2) is 0 Å². The predicted octanol–water partition coefficient (Wildman–Crippen LogP) is 3.84. The van der Waals surface area contributed by atoms with E-state index in [1.807, 2.05) is 42.5 Å². The van der Waals surface area contributed by atoms with Gasteiger partial charge >= 0.3 is 0 Å². The maximum absolute atomic E-state index is 12.4. The first-order valence-electron chi connectivity index (χ1n) is 6.52. The summed E-state index contributed by atoms with van der Waals surface area (Å²) in [7, 11) is 0. The molecule has 1 atom stereocenters. The second kappa shape index (κ2) is 5.55. The Balaban J connectivity index is 1.85. The Kier molecular flexibility index (Phi) is 3.61.